The molecule has 0 radical (unpaired) electrons. The summed E-state index contributed by atoms with van der Waals surface area (Å²) < 4.78 is 0. The van der Waals surface area contributed by atoms with Crippen molar-refractivity contribution < 1.29 is 0 Å². The summed E-state index contributed by atoms with van der Waals surface area (Å²) in [7, 11) is 0. The Balaban J connectivity index is 1.14. The van der Waals surface area contributed by atoms with Crippen LogP contribution in [0.5, 0.6) is 0 Å². The van der Waals surface area contributed by atoms with Gasteiger partial charge >= 0.3 is 0 Å². The highest BCUT2D eigenvalue weighted by atomic mass is 15.1. The zero-order chi connectivity index (χ0) is 36.1. The van der Waals surface area contributed by atoms with Gasteiger partial charge in [0.1, 0.15) is 0 Å². The number of hydrogen-bond acceptors (Lipinski definition) is 2. The largest absolute Gasteiger partial charge is 0.311 e. The third-order valence-corrected chi connectivity index (χ3v) is 9.54. The molecule has 0 amide bonds. The molecule has 7 aromatic rings. The molecule has 0 spiro atoms. The quantitative estimate of drug-likeness (QED) is 0.141. The minimum Gasteiger partial charge on any atom is -0.311 e. The van der Waals surface area contributed by atoms with E-state index in [-0.39, 0.29) is 5.41 Å². The maximum atomic E-state index is 2.36. The van der Waals surface area contributed by atoms with Crippen LogP contribution in [0.4, 0.5) is 34.1 Å². The van der Waals surface area contributed by atoms with Gasteiger partial charge in [-0.25, -0.2) is 0 Å². The number of benzene rings is 7. The van der Waals surface area contributed by atoms with Crippen molar-refractivity contribution in [1.82, 2.24) is 0 Å². The molecule has 0 bridgehead atoms. The van der Waals surface area contributed by atoms with Crippen molar-refractivity contribution in [3.8, 4) is 11.1 Å². The second-order valence-corrected chi connectivity index (χ2v) is 14.5. The molecule has 0 aromatic heterocycles. The van der Waals surface area contributed by atoms with Gasteiger partial charge in [0, 0.05) is 34.1 Å². The van der Waals surface area contributed by atoms with E-state index < -0.39 is 0 Å². The van der Waals surface area contributed by atoms with E-state index in [1.165, 1.54) is 38.9 Å². The van der Waals surface area contributed by atoms with E-state index in [0.29, 0.717) is 0 Å². The van der Waals surface area contributed by atoms with Crippen molar-refractivity contribution in [2.75, 3.05) is 9.80 Å². The predicted octanol–water partition coefficient (Wildman–Crippen LogP) is 14.4. The van der Waals surface area contributed by atoms with Gasteiger partial charge < -0.3 is 9.80 Å². The van der Waals surface area contributed by atoms with Gasteiger partial charge in [0.2, 0.25) is 0 Å². The molecule has 0 saturated heterocycles. The number of para-hydroxylation sites is 2. The first-order chi connectivity index (χ1) is 25.2. The molecular formula is C50H46N2. The third kappa shape index (κ3) is 7.77. The van der Waals surface area contributed by atoms with Crippen LogP contribution in [-0.2, 0) is 5.41 Å². The first-order valence-electron chi connectivity index (χ1n) is 18.1. The van der Waals surface area contributed by atoms with Crippen LogP contribution in [0.15, 0.2) is 176 Å². The monoisotopic (exact) mass is 674 g/mol. The van der Waals surface area contributed by atoms with Crippen LogP contribution in [0, 0.1) is 13.8 Å². The number of aryl methyl sites for hydroxylation is 2. The van der Waals surface area contributed by atoms with Gasteiger partial charge in [-0.2, -0.15) is 0 Å². The first-order valence-corrected chi connectivity index (χ1v) is 18.1. The van der Waals surface area contributed by atoms with E-state index in [2.05, 4.69) is 232 Å². The van der Waals surface area contributed by atoms with Crippen molar-refractivity contribution in [2.24, 2.45) is 0 Å². The van der Waals surface area contributed by atoms with Crippen molar-refractivity contribution >= 4 is 46.3 Å². The summed E-state index contributed by atoms with van der Waals surface area (Å²) in [6.45, 7) is 11.2. The van der Waals surface area contributed by atoms with E-state index in [0.717, 1.165) is 34.1 Å². The van der Waals surface area contributed by atoms with Gasteiger partial charge in [-0.05, 0) is 120 Å². The SMILES string of the molecule is Cc1ccc(N(c2ccc(C)cc2)c2ccc(/C=C\c3ccc(-c4ccc(N(c5ccccc5)c5ccccc5)cc4)cc3)c(C(C)(C)C)c2)cc1. The Bertz CT molecular complexity index is 2160. The van der Waals surface area contributed by atoms with Crippen LogP contribution < -0.4 is 9.80 Å². The van der Waals surface area contributed by atoms with Crippen molar-refractivity contribution in [2.45, 2.75) is 40.0 Å². The van der Waals surface area contributed by atoms with Gasteiger partial charge in [0.05, 0.1) is 0 Å². The molecule has 0 unspecified atom stereocenters. The molecule has 7 aromatic carbocycles. The molecule has 0 heterocycles. The average Bonchev–Trinajstić information content (AvgIpc) is 3.17. The van der Waals surface area contributed by atoms with Crippen molar-refractivity contribution in [1.29, 1.82) is 0 Å². The Morgan fingerprint density at radius 2 is 0.769 bits per heavy atom. The fourth-order valence-electron chi connectivity index (χ4n) is 6.69. The van der Waals surface area contributed by atoms with Crippen LogP contribution in [0.3, 0.4) is 0 Å². The summed E-state index contributed by atoms with van der Waals surface area (Å²) in [4.78, 5) is 4.65. The molecule has 0 saturated carbocycles. The minimum absolute atomic E-state index is 0.0471. The van der Waals surface area contributed by atoms with Gasteiger partial charge in [0.15, 0.2) is 0 Å². The summed E-state index contributed by atoms with van der Waals surface area (Å²) >= 11 is 0. The summed E-state index contributed by atoms with van der Waals surface area (Å²) in [5.74, 6) is 0. The van der Waals surface area contributed by atoms with Gasteiger partial charge in [-0.1, -0.05) is 147 Å². The van der Waals surface area contributed by atoms with Crippen molar-refractivity contribution in [3.05, 3.63) is 204 Å². The standard InChI is InChI=1S/C50H46N2/c1-37-16-29-45(30-17-37)52(46-31-18-38(2)19-32-46)48-35-28-42(49(36-48)50(3,4)5)25-22-39-20-23-40(24-21-39)41-26-33-47(34-27-41)51(43-12-8-6-9-13-43)44-14-10-7-11-15-44/h6-36H,1-5H3/b25-22-. The molecule has 0 aliphatic heterocycles. The lowest BCUT2D eigenvalue weighted by molar-refractivity contribution is 0.589. The smallest absolute Gasteiger partial charge is 0.0464 e. The lowest BCUT2D eigenvalue weighted by atomic mass is 9.83. The summed E-state index contributed by atoms with van der Waals surface area (Å²) in [5, 5.41) is 0. The minimum atomic E-state index is -0.0471. The average molecular weight is 675 g/mol. The zero-order valence-corrected chi connectivity index (χ0v) is 30.8. The lowest BCUT2D eigenvalue weighted by Crippen LogP contribution is -2.16. The van der Waals surface area contributed by atoms with Crippen LogP contribution in [-0.4, -0.2) is 0 Å². The van der Waals surface area contributed by atoms with Gasteiger partial charge in [-0.3, -0.25) is 0 Å². The summed E-state index contributed by atoms with van der Waals surface area (Å²) in [6, 6.07) is 63.2. The highest BCUT2D eigenvalue weighted by Crippen LogP contribution is 2.39. The summed E-state index contributed by atoms with van der Waals surface area (Å²) in [6.07, 6.45) is 4.49. The Labute approximate surface area is 310 Å². The molecular weight excluding hydrogens is 629 g/mol. The Kier molecular flexibility index (Phi) is 9.91. The molecule has 0 atom stereocenters. The molecule has 2 heteroatoms. The van der Waals surface area contributed by atoms with E-state index in [9.17, 15) is 0 Å². The topological polar surface area (TPSA) is 6.48 Å². The van der Waals surface area contributed by atoms with Crippen LogP contribution >= 0.6 is 0 Å². The Morgan fingerprint density at radius 1 is 0.385 bits per heavy atom. The summed E-state index contributed by atoms with van der Waals surface area (Å²) in [5.41, 5.74) is 15.4. The van der Waals surface area contributed by atoms with Crippen molar-refractivity contribution in [3.63, 3.8) is 0 Å². The molecule has 7 rings (SSSR count). The van der Waals surface area contributed by atoms with E-state index in [4.69, 9.17) is 0 Å². The Morgan fingerprint density at radius 3 is 1.23 bits per heavy atom. The van der Waals surface area contributed by atoms with Crippen LogP contribution in [0.25, 0.3) is 23.3 Å². The molecule has 2 nitrogen and oxygen atoms in total. The Hall–Kier alpha value is -6.12. The van der Waals surface area contributed by atoms with E-state index in [1.807, 2.05) is 0 Å². The van der Waals surface area contributed by atoms with Crippen LogP contribution in [0.2, 0.25) is 0 Å². The molecule has 0 aliphatic carbocycles. The highest BCUT2D eigenvalue weighted by Gasteiger charge is 2.21. The van der Waals surface area contributed by atoms with E-state index >= 15 is 0 Å². The predicted molar refractivity (Wildman–Crippen MR) is 225 cm³/mol. The second kappa shape index (κ2) is 15.0. The normalized spacial score (nSPS) is 11.5. The number of rotatable bonds is 9. The zero-order valence-electron chi connectivity index (χ0n) is 30.8. The number of nitrogens with zero attached hydrogens (tertiary/aromatic N) is 2. The molecule has 0 fully saturated rings. The fraction of sp³-hybridized carbons (Fsp3) is 0.120. The highest BCUT2D eigenvalue weighted by molar-refractivity contribution is 5.81. The van der Waals surface area contributed by atoms with E-state index in [1.54, 1.807) is 0 Å². The third-order valence-electron chi connectivity index (χ3n) is 9.54. The molecule has 0 aliphatic rings. The maximum Gasteiger partial charge on any atom is 0.0464 e. The number of hydrogen-bond donors (Lipinski definition) is 0. The fourth-order valence-corrected chi connectivity index (χ4v) is 6.69. The molecule has 0 N–H and O–H groups in total. The van der Waals surface area contributed by atoms with Gasteiger partial charge in [-0.15, -0.1) is 0 Å². The molecule has 256 valence electrons. The lowest BCUT2D eigenvalue weighted by Gasteiger charge is -2.29. The van der Waals surface area contributed by atoms with Crippen LogP contribution in [0.1, 0.15) is 48.6 Å². The number of anilines is 6. The second-order valence-electron chi connectivity index (χ2n) is 14.5. The maximum absolute atomic E-state index is 2.36. The van der Waals surface area contributed by atoms with Gasteiger partial charge in [0.25, 0.3) is 0 Å². The molecule has 52 heavy (non-hydrogen) atoms. The first kappa shape index (κ1) is 34.3.